The molecule has 2 atom stereocenters. The molecule has 254 valence electrons. The highest BCUT2D eigenvalue weighted by molar-refractivity contribution is 6.32. The van der Waals surface area contributed by atoms with Crippen LogP contribution in [-0.4, -0.2) is 41.9 Å². The Balaban J connectivity index is 1.21. The number of carboxylic acid groups (broad SMARTS) is 1. The highest BCUT2D eigenvalue weighted by Crippen LogP contribution is 2.51. The van der Waals surface area contributed by atoms with Crippen molar-refractivity contribution in [3.8, 4) is 40.2 Å². The first-order chi connectivity index (χ1) is 23.8. The Hall–Kier alpha value is -4.82. The average Bonchev–Trinajstić information content (AvgIpc) is 3.84. The van der Waals surface area contributed by atoms with E-state index in [-0.39, 0.29) is 19.3 Å². The maximum absolute atomic E-state index is 12.2. The van der Waals surface area contributed by atoms with Crippen molar-refractivity contribution in [1.82, 2.24) is 10.3 Å². The minimum absolute atomic E-state index is 0.162. The Bertz CT molecular complexity index is 1880. The van der Waals surface area contributed by atoms with Crippen molar-refractivity contribution in [1.29, 1.82) is 5.26 Å². The molecule has 1 aliphatic carbocycles. The van der Waals surface area contributed by atoms with E-state index in [1.807, 2.05) is 30.3 Å². The molecule has 0 bridgehead atoms. The lowest BCUT2D eigenvalue weighted by Crippen LogP contribution is -2.28. The van der Waals surface area contributed by atoms with E-state index < -0.39 is 11.4 Å². The molecule has 49 heavy (non-hydrogen) atoms. The summed E-state index contributed by atoms with van der Waals surface area (Å²) in [5.41, 5.74) is 10.9. The number of rotatable bonds is 15. The fourth-order valence-corrected chi connectivity index (χ4v) is 6.52. The highest BCUT2D eigenvalue weighted by atomic mass is 35.5. The Labute approximate surface area is 290 Å². The summed E-state index contributed by atoms with van der Waals surface area (Å²) >= 11 is 6.79. The molecular formula is C38H39ClN4O6. The van der Waals surface area contributed by atoms with Crippen LogP contribution < -0.4 is 30.0 Å². The molecule has 1 fully saturated rings. The molecule has 1 aliphatic heterocycles. The number of benzene rings is 3. The van der Waals surface area contributed by atoms with Gasteiger partial charge in [0.2, 0.25) is 0 Å². The van der Waals surface area contributed by atoms with Crippen molar-refractivity contribution in [2.45, 2.75) is 58.4 Å². The Morgan fingerprint density at radius 1 is 1.06 bits per heavy atom. The molecule has 2 heterocycles. The van der Waals surface area contributed by atoms with Gasteiger partial charge in [0.25, 0.3) is 0 Å². The molecular weight excluding hydrogens is 644 g/mol. The topological polar surface area (TPSA) is 149 Å². The van der Waals surface area contributed by atoms with E-state index >= 15 is 0 Å². The van der Waals surface area contributed by atoms with Crippen molar-refractivity contribution < 1.29 is 28.8 Å². The number of pyridine rings is 1. The number of halogens is 1. The van der Waals surface area contributed by atoms with E-state index in [2.05, 4.69) is 29.4 Å². The van der Waals surface area contributed by atoms with Gasteiger partial charge in [-0.15, -0.1) is 0 Å². The number of nitrogens with two attached hydrogens (primary N) is 1. The molecule has 2 unspecified atom stereocenters. The third-order valence-corrected chi connectivity index (χ3v) is 9.53. The van der Waals surface area contributed by atoms with Crippen LogP contribution in [0.2, 0.25) is 5.02 Å². The second kappa shape index (κ2) is 15.2. The standard InChI is InChI=1S/C38H39ClN4O6/c1-24-28(5-4-6-30(24)27-7-8-32-35(15-27)47-12-11-46-32)23-49-34-16-33(48-22-26-13-25(18-41)19-42-20-26)29(14-31(34)39)21-43-36-17-38(36,37(44)45)9-2-3-10-40/h4-8,13-16,19-20,36,43H,2-3,9-12,17,21-23,40H2,1H3,(H,44,45). The summed E-state index contributed by atoms with van der Waals surface area (Å²) in [6, 6.07) is 19.3. The monoisotopic (exact) mass is 682 g/mol. The van der Waals surface area contributed by atoms with E-state index in [4.69, 9.17) is 36.3 Å². The van der Waals surface area contributed by atoms with E-state index in [9.17, 15) is 15.2 Å². The Morgan fingerprint density at radius 3 is 2.67 bits per heavy atom. The summed E-state index contributed by atoms with van der Waals surface area (Å²) in [5, 5.41) is 23.1. The molecule has 11 heteroatoms. The fraction of sp³-hybridized carbons (Fsp3) is 0.342. The Kier molecular flexibility index (Phi) is 10.5. The van der Waals surface area contributed by atoms with Crippen molar-refractivity contribution in [3.63, 3.8) is 0 Å². The van der Waals surface area contributed by atoms with Gasteiger partial charge in [0.1, 0.15) is 44.0 Å². The molecule has 0 amide bonds. The maximum Gasteiger partial charge on any atom is 0.311 e. The molecule has 10 nitrogen and oxygen atoms in total. The van der Waals surface area contributed by atoms with Crippen LogP contribution in [0.1, 0.15) is 53.5 Å². The first-order valence-electron chi connectivity index (χ1n) is 16.4. The SMILES string of the molecule is Cc1c(COc2cc(OCc3cncc(C#N)c3)c(CNC3CC3(CCCCN)C(=O)O)cc2Cl)cccc1-c1ccc2c(c1)OCCO2. The lowest BCUT2D eigenvalue weighted by molar-refractivity contribution is -0.144. The smallest absolute Gasteiger partial charge is 0.311 e. The molecule has 4 aromatic rings. The van der Waals surface area contributed by atoms with Crippen LogP contribution in [-0.2, 0) is 24.6 Å². The molecule has 2 aliphatic rings. The summed E-state index contributed by atoms with van der Waals surface area (Å²) in [4.78, 5) is 16.3. The number of carboxylic acids is 1. The summed E-state index contributed by atoms with van der Waals surface area (Å²) in [6.07, 6.45) is 5.83. The zero-order valence-electron chi connectivity index (χ0n) is 27.3. The molecule has 4 N–H and O–H groups in total. The molecule has 0 spiro atoms. The predicted octanol–water partition coefficient (Wildman–Crippen LogP) is 6.57. The zero-order valence-corrected chi connectivity index (χ0v) is 28.1. The van der Waals surface area contributed by atoms with Gasteiger partial charge in [0.05, 0.1) is 16.0 Å². The number of fused-ring (bicyclic) bond motifs is 1. The highest BCUT2D eigenvalue weighted by Gasteiger charge is 2.59. The van der Waals surface area contributed by atoms with E-state index in [0.717, 1.165) is 57.7 Å². The number of nitrogens with one attached hydrogen (secondary N) is 1. The first kappa shape index (κ1) is 34.1. The maximum atomic E-state index is 12.2. The number of aliphatic carboxylic acids is 1. The van der Waals surface area contributed by atoms with E-state index in [0.29, 0.717) is 61.2 Å². The molecule has 1 aromatic heterocycles. The second-order valence-corrected chi connectivity index (χ2v) is 12.9. The van der Waals surface area contributed by atoms with Crippen LogP contribution in [0.25, 0.3) is 11.1 Å². The molecule has 3 aromatic carbocycles. The van der Waals surface area contributed by atoms with Crippen LogP contribution in [0.3, 0.4) is 0 Å². The van der Waals surface area contributed by atoms with Gasteiger partial charge in [0.15, 0.2) is 11.5 Å². The normalized spacial score (nSPS) is 17.6. The van der Waals surface area contributed by atoms with Gasteiger partial charge in [-0.05, 0) is 79.3 Å². The van der Waals surface area contributed by atoms with E-state index in [1.54, 1.807) is 24.4 Å². The molecule has 0 radical (unpaired) electrons. The summed E-state index contributed by atoms with van der Waals surface area (Å²) in [5.74, 6) is 1.66. The van der Waals surface area contributed by atoms with Gasteiger partial charge < -0.3 is 35.1 Å². The summed E-state index contributed by atoms with van der Waals surface area (Å²) in [6.45, 7) is 4.43. The van der Waals surface area contributed by atoms with Crippen LogP contribution in [0, 0.1) is 23.7 Å². The number of ether oxygens (including phenoxy) is 4. The summed E-state index contributed by atoms with van der Waals surface area (Å²) < 4.78 is 24.1. The fourth-order valence-electron chi connectivity index (χ4n) is 6.28. The Morgan fingerprint density at radius 2 is 1.88 bits per heavy atom. The molecule has 1 saturated carbocycles. The van der Waals surface area contributed by atoms with Gasteiger partial charge >= 0.3 is 5.97 Å². The largest absolute Gasteiger partial charge is 0.488 e. The number of carbonyl (C=O) groups is 1. The van der Waals surface area contributed by atoms with Crippen molar-refractivity contribution >= 4 is 17.6 Å². The minimum Gasteiger partial charge on any atom is -0.488 e. The zero-order chi connectivity index (χ0) is 34.4. The van der Waals surface area contributed by atoms with Gasteiger partial charge in [-0.3, -0.25) is 9.78 Å². The second-order valence-electron chi connectivity index (χ2n) is 12.5. The van der Waals surface area contributed by atoms with Crippen molar-refractivity contribution in [2.24, 2.45) is 11.1 Å². The predicted molar refractivity (Wildman–Crippen MR) is 185 cm³/mol. The minimum atomic E-state index is -0.793. The van der Waals surface area contributed by atoms with Crippen LogP contribution in [0.5, 0.6) is 23.0 Å². The van der Waals surface area contributed by atoms with Crippen molar-refractivity contribution in [3.05, 3.63) is 99.8 Å². The number of nitriles is 1. The van der Waals surface area contributed by atoms with Gasteiger partial charge in [-0.25, -0.2) is 0 Å². The third-order valence-electron chi connectivity index (χ3n) is 9.23. The van der Waals surface area contributed by atoms with Crippen molar-refractivity contribution in [2.75, 3.05) is 19.8 Å². The quantitative estimate of drug-likeness (QED) is 0.118. The average molecular weight is 683 g/mol. The van der Waals surface area contributed by atoms with Crippen LogP contribution in [0.4, 0.5) is 0 Å². The van der Waals surface area contributed by atoms with Gasteiger partial charge in [-0.1, -0.05) is 42.3 Å². The van der Waals surface area contributed by atoms with Crippen LogP contribution >= 0.6 is 11.6 Å². The molecule has 6 rings (SSSR count). The number of aromatic nitrogens is 1. The molecule has 0 saturated heterocycles. The lowest BCUT2D eigenvalue weighted by atomic mass is 9.96. The summed E-state index contributed by atoms with van der Waals surface area (Å²) in [7, 11) is 0. The lowest BCUT2D eigenvalue weighted by Gasteiger charge is -2.20. The van der Waals surface area contributed by atoms with Crippen LogP contribution in [0.15, 0.2) is 67.0 Å². The van der Waals surface area contributed by atoms with Gasteiger partial charge in [0, 0.05) is 42.2 Å². The van der Waals surface area contributed by atoms with Gasteiger partial charge in [-0.2, -0.15) is 5.26 Å². The third kappa shape index (κ3) is 7.75. The number of nitrogens with zero attached hydrogens (tertiary/aromatic N) is 2. The number of unbranched alkanes of at least 4 members (excludes halogenated alkanes) is 1. The van der Waals surface area contributed by atoms with E-state index in [1.165, 1.54) is 6.20 Å². The number of hydrogen-bond donors (Lipinski definition) is 3. The first-order valence-corrected chi connectivity index (χ1v) is 16.8. The number of hydrogen-bond acceptors (Lipinski definition) is 9.